The number of alkyl halides is 6. The second-order valence-electron chi connectivity index (χ2n) is 16.2. The van der Waals surface area contributed by atoms with Crippen LogP contribution in [0.15, 0.2) is 60.7 Å². The van der Waals surface area contributed by atoms with Gasteiger partial charge in [-0.15, -0.1) is 22.7 Å². The third kappa shape index (κ3) is 7.82. The molecule has 4 aromatic carbocycles. The van der Waals surface area contributed by atoms with Gasteiger partial charge >= 0.3 is 12.4 Å². The fourth-order valence-electron chi connectivity index (χ4n) is 8.79. The first kappa shape index (κ1) is 43.6. The Hall–Kier alpha value is -5.08. The summed E-state index contributed by atoms with van der Waals surface area (Å²) in [6.45, 7) is 4.42. The number of hydrogen-bond donors (Lipinski definition) is 0. The summed E-state index contributed by atoms with van der Waals surface area (Å²) in [6.07, 6.45) is 1.55. The zero-order chi connectivity index (χ0) is 44.1. The number of imide groups is 2. The molecule has 4 amide bonds. The molecule has 0 saturated heterocycles. The van der Waals surface area contributed by atoms with Gasteiger partial charge in [0.25, 0.3) is 23.6 Å². The highest BCUT2D eigenvalue weighted by Crippen LogP contribution is 2.52. The van der Waals surface area contributed by atoms with E-state index in [1.165, 1.54) is 34.1 Å². The van der Waals surface area contributed by atoms with Crippen molar-refractivity contribution in [1.82, 2.24) is 9.80 Å². The summed E-state index contributed by atoms with van der Waals surface area (Å²) in [5.74, 6) is -2.37. The Bertz CT molecular complexity index is 2440. The Labute approximate surface area is 362 Å². The van der Waals surface area contributed by atoms with Crippen LogP contribution in [-0.2, 0) is 12.4 Å². The van der Waals surface area contributed by atoms with Crippen LogP contribution in [0.1, 0.15) is 143 Å². The van der Waals surface area contributed by atoms with Crippen molar-refractivity contribution in [2.45, 2.75) is 103 Å². The molecule has 6 aromatic rings. The van der Waals surface area contributed by atoms with Crippen molar-refractivity contribution in [3.63, 3.8) is 0 Å². The van der Waals surface area contributed by atoms with Crippen LogP contribution in [0.5, 0.6) is 0 Å². The van der Waals surface area contributed by atoms with E-state index in [2.05, 4.69) is 13.8 Å². The first-order valence-electron chi connectivity index (χ1n) is 21.3. The van der Waals surface area contributed by atoms with Crippen LogP contribution in [0, 0.1) is 0 Å². The molecule has 324 valence electrons. The minimum atomic E-state index is -4.56. The lowest BCUT2D eigenvalue weighted by molar-refractivity contribution is -0.138. The van der Waals surface area contributed by atoms with Crippen LogP contribution in [0.25, 0.3) is 51.8 Å². The van der Waals surface area contributed by atoms with Gasteiger partial charge in [-0.1, -0.05) is 102 Å². The smallest absolute Gasteiger partial charge is 0.274 e. The van der Waals surface area contributed by atoms with E-state index in [4.69, 9.17) is 0 Å². The Morgan fingerprint density at radius 3 is 1.11 bits per heavy atom. The number of nitrogens with zero attached hydrogens (tertiary/aromatic N) is 2. The van der Waals surface area contributed by atoms with E-state index in [0.717, 1.165) is 111 Å². The molecule has 62 heavy (non-hydrogen) atoms. The van der Waals surface area contributed by atoms with Crippen molar-refractivity contribution >= 4 is 77.2 Å². The largest absolute Gasteiger partial charge is 0.416 e. The summed E-state index contributed by atoms with van der Waals surface area (Å²) < 4.78 is 82.3. The number of carbonyl (C=O) groups excluding carboxylic acids is 4. The summed E-state index contributed by atoms with van der Waals surface area (Å²) in [6, 6.07) is 12.6. The molecule has 4 heterocycles. The lowest BCUT2D eigenvalue weighted by atomic mass is 9.82. The van der Waals surface area contributed by atoms with Gasteiger partial charge in [-0.25, -0.2) is 0 Å². The molecule has 14 heteroatoms. The number of amides is 4. The second-order valence-corrected chi connectivity index (χ2v) is 18.3. The van der Waals surface area contributed by atoms with E-state index in [1.54, 1.807) is 12.1 Å². The van der Waals surface area contributed by atoms with Crippen molar-refractivity contribution in [3.8, 4) is 20.9 Å². The molecule has 2 aliphatic heterocycles. The van der Waals surface area contributed by atoms with E-state index in [1.807, 2.05) is 0 Å². The predicted octanol–water partition coefficient (Wildman–Crippen LogP) is 14.6. The molecule has 0 radical (unpaired) electrons. The number of halogens is 6. The molecule has 0 unspecified atom stereocenters. The minimum Gasteiger partial charge on any atom is -0.274 e. The van der Waals surface area contributed by atoms with Crippen molar-refractivity contribution in [3.05, 3.63) is 94.0 Å². The van der Waals surface area contributed by atoms with Gasteiger partial charge in [0.2, 0.25) is 0 Å². The molecule has 0 saturated carbocycles. The highest BCUT2D eigenvalue weighted by molar-refractivity contribution is 7.23. The van der Waals surface area contributed by atoms with Gasteiger partial charge in [0.05, 0.1) is 33.4 Å². The normalized spacial score (nSPS) is 14.5. The van der Waals surface area contributed by atoms with Gasteiger partial charge < -0.3 is 0 Å². The molecule has 0 bridgehead atoms. The maximum atomic E-state index is 14.9. The fraction of sp³-hybridized carbons (Fsp3) is 0.375. The number of unbranched alkanes of at least 4 members (excludes halogenated alkanes) is 10. The summed E-state index contributed by atoms with van der Waals surface area (Å²) in [5.41, 5.74) is -0.273. The summed E-state index contributed by atoms with van der Waals surface area (Å²) in [4.78, 5) is 63.0. The summed E-state index contributed by atoms with van der Waals surface area (Å²) in [7, 11) is 0. The van der Waals surface area contributed by atoms with Crippen molar-refractivity contribution < 1.29 is 45.5 Å². The average molecular weight is 891 g/mol. The molecule has 0 atom stereocenters. The van der Waals surface area contributed by atoms with Crippen LogP contribution < -0.4 is 0 Å². The number of rotatable bonds is 16. The van der Waals surface area contributed by atoms with E-state index in [0.29, 0.717) is 53.9 Å². The molecule has 0 N–H and O–H groups in total. The SMILES string of the molecule is CCCCCCCCN1C(=O)c2c3cc(-c4ccc(C(F)(F)F)cc4)sc3c3c4c(c5cc(-c6ccc(C(F)(F)F)cc6)sc5c(c24)C1=O)C(=O)N(CCCCCCCC)C3=O. The zero-order valence-corrected chi connectivity index (χ0v) is 35.9. The van der Waals surface area contributed by atoms with Gasteiger partial charge in [0.15, 0.2) is 0 Å². The number of benzene rings is 4. The molecule has 2 aliphatic rings. The van der Waals surface area contributed by atoms with Gasteiger partial charge in [-0.05, 0) is 60.4 Å². The summed E-state index contributed by atoms with van der Waals surface area (Å²) >= 11 is 2.27. The highest BCUT2D eigenvalue weighted by Gasteiger charge is 2.45. The molecule has 0 fully saturated rings. The van der Waals surface area contributed by atoms with Gasteiger partial charge in [0.1, 0.15) is 0 Å². The monoisotopic (exact) mass is 890 g/mol. The predicted molar refractivity (Wildman–Crippen MR) is 233 cm³/mol. The molecule has 2 aromatic heterocycles. The molecule has 6 nitrogen and oxygen atoms in total. The first-order chi connectivity index (χ1) is 29.6. The second kappa shape index (κ2) is 17.2. The number of thiophene rings is 2. The van der Waals surface area contributed by atoms with E-state index in [9.17, 15) is 45.5 Å². The zero-order valence-electron chi connectivity index (χ0n) is 34.3. The Morgan fingerprint density at radius 2 is 0.774 bits per heavy atom. The number of carbonyl (C=O) groups is 4. The Morgan fingerprint density at radius 1 is 0.452 bits per heavy atom. The molecular weight excluding hydrogens is 847 g/mol. The maximum absolute atomic E-state index is 14.9. The van der Waals surface area contributed by atoms with Crippen LogP contribution in [0.4, 0.5) is 26.3 Å². The molecule has 8 rings (SSSR count). The lowest BCUT2D eigenvalue weighted by Crippen LogP contribution is -2.44. The van der Waals surface area contributed by atoms with E-state index in [-0.39, 0.29) is 46.1 Å². The van der Waals surface area contributed by atoms with Gasteiger partial charge in [-0.2, -0.15) is 26.3 Å². The van der Waals surface area contributed by atoms with E-state index >= 15 is 0 Å². The molecule has 0 aliphatic carbocycles. The van der Waals surface area contributed by atoms with Crippen LogP contribution in [0.3, 0.4) is 0 Å². The van der Waals surface area contributed by atoms with Crippen LogP contribution in [0.2, 0.25) is 0 Å². The lowest BCUT2D eigenvalue weighted by Gasteiger charge is -2.33. The molecule has 0 spiro atoms. The first-order valence-corrected chi connectivity index (χ1v) is 22.9. The Kier molecular flexibility index (Phi) is 12.1. The Balaban J connectivity index is 1.37. The van der Waals surface area contributed by atoms with Crippen molar-refractivity contribution in [2.75, 3.05) is 13.1 Å². The maximum Gasteiger partial charge on any atom is 0.416 e. The van der Waals surface area contributed by atoms with E-state index < -0.39 is 47.1 Å². The number of fused-ring (bicyclic) bond motifs is 6. The number of hydrogen-bond acceptors (Lipinski definition) is 6. The summed E-state index contributed by atoms with van der Waals surface area (Å²) in [5, 5.41) is 1.04. The fourth-order valence-corrected chi connectivity index (χ4v) is 11.2. The topological polar surface area (TPSA) is 74.8 Å². The standard InChI is InChI=1S/C48H44F6N2O4S2/c1-3-5-7-9-11-13-23-55-43(57)35-31-25-33(27-15-19-29(20-16-27)47(49,50)51)62-42(31)40-38-36(44(58)56(46(40)60)24-14-12-10-8-6-4-2)32-26-34(61-41(32)39(37(35)38)45(55)59)28-17-21-30(22-18-28)48(52,53)54/h15-22,25-26H,3-14,23-24H2,1-2H3. The third-order valence-electron chi connectivity index (χ3n) is 12.0. The highest BCUT2D eigenvalue weighted by atomic mass is 32.1. The van der Waals surface area contributed by atoms with Gasteiger partial charge in [0, 0.05) is 53.8 Å². The van der Waals surface area contributed by atoms with Crippen molar-refractivity contribution in [2.24, 2.45) is 0 Å². The third-order valence-corrected chi connectivity index (χ3v) is 14.4. The van der Waals surface area contributed by atoms with Crippen molar-refractivity contribution in [1.29, 1.82) is 0 Å². The quantitative estimate of drug-likeness (QED) is 0.0551. The average Bonchev–Trinajstić information content (AvgIpc) is 3.88. The minimum absolute atomic E-state index is 0.105. The van der Waals surface area contributed by atoms with Gasteiger partial charge in [-0.3, -0.25) is 29.0 Å². The van der Waals surface area contributed by atoms with Crippen LogP contribution >= 0.6 is 22.7 Å². The van der Waals surface area contributed by atoms with Crippen LogP contribution in [-0.4, -0.2) is 46.5 Å². The molecular formula is C48H44F6N2O4S2.